The first-order valence-electron chi connectivity index (χ1n) is 12.3. The minimum absolute atomic E-state index is 0.103. The number of anilines is 1. The lowest BCUT2D eigenvalue weighted by Gasteiger charge is -2.29. The van der Waals surface area contributed by atoms with Gasteiger partial charge < -0.3 is 10.4 Å². The normalized spacial score (nSPS) is 12.9. The molecule has 8 nitrogen and oxygen atoms in total. The summed E-state index contributed by atoms with van der Waals surface area (Å²) < 4.78 is 45.3. The van der Waals surface area contributed by atoms with Crippen LogP contribution in [0.4, 0.5) is 19.0 Å². The third-order valence-corrected chi connectivity index (χ3v) is 6.63. The van der Waals surface area contributed by atoms with Crippen LogP contribution in [0.15, 0.2) is 97.8 Å². The van der Waals surface area contributed by atoms with Crippen LogP contribution in [0.2, 0.25) is 0 Å². The monoisotopic (exact) mass is 541 g/mol. The molecule has 0 aliphatic carbocycles. The Kier molecular flexibility index (Phi) is 6.48. The molecule has 11 heteroatoms. The van der Waals surface area contributed by atoms with Gasteiger partial charge in [-0.25, -0.2) is 27.4 Å². The van der Waals surface area contributed by atoms with E-state index >= 15 is 0 Å². The van der Waals surface area contributed by atoms with Gasteiger partial charge >= 0.3 is 0 Å². The molecule has 0 saturated carbocycles. The molecule has 0 bridgehead atoms. The minimum Gasteiger partial charge on any atom is -0.381 e. The Morgan fingerprint density at radius 2 is 1.62 bits per heavy atom. The molecule has 2 N–H and O–H groups in total. The molecular formula is C29H22F3N7O. The van der Waals surface area contributed by atoms with E-state index in [1.165, 1.54) is 35.5 Å². The Labute approximate surface area is 226 Å². The summed E-state index contributed by atoms with van der Waals surface area (Å²) in [6, 6.07) is 18.3. The van der Waals surface area contributed by atoms with Gasteiger partial charge in [0.25, 0.3) is 0 Å². The van der Waals surface area contributed by atoms with Gasteiger partial charge in [-0.1, -0.05) is 12.1 Å². The van der Waals surface area contributed by atoms with Gasteiger partial charge in [0.15, 0.2) is 0 Å². The number of hydrogen-bond acceptors (Lipinski definition) is 6. The lowest BCUT2D eigenvalue weighted by Crippen LogP contribution is -2.40. The highest BCUT2D eigenvalue weighted by Gasteiger charge is 2.34. The Morgan fingerprint density at radius 1 is 0.850 bits per heavy atom. The predicted octanol–water partition coefficient (Wildman–Crippen LogP) is 5.07. The molecule has 0 spiro atoms. The number of benzene rings is 2. The average molecular weight is 542 g/mol. The van der Waals surface area contributed by atoms with Crippen molar-refractivity contribution in [2.24, 2.45) is 0 Å². The molecule has 0 saturated heterocycles. The molecule has 1 atom stereocenters. The second-order valence-electron chi connectivity index (χ2n) is 9.28. The number of nitrogens with zero attached hydrogens (tertiary/aromatic N) is 6. The molecule has 6 rings (SSSR count). The first kappa shape index (κ1) is 25.3. The summed E-state index contributed by atoms with van der Waals surface area (Å²) in [7, 11) is 0. The standard InChI is InChI=1S/C29H22F3N7O/c30-21-6-4-20(5-7-21)28-27(19-10-12-33-13-11-19)25-2-1-3-26(39(25)37-28)35-15-29(40,16-38-18-34-17-36-38)23-9-8-22(31)14-24(23)32/h1-14,17-18,35,40H,15-16H2. The second-order valence-corrected chi connectivity index (χ2v) is 9.28. The van der Waals surface area contributed by atoms with Crippen LogP contribution in [0.25, 0.3) is 27.9 Å². The van der Waals surface area contributed by atoms with E-state index in [0.29, 0.717) is 17.1 Å². The maximum absolute atomic E-state index is 14.9. The van der Waals surface area contributed by atoms with Crippen molar-refractivity contribution in [1.82, 2.24) is 29.4 Å². The highest BCUT2D eigenvalue weighted by molar-refractivity contribution is 5.92. The fourth-order valence-electron chi connectivity index (χ4n) is 4.74. The highest BCUT2D eigenvalue weighted by Crippen LogP contribution is 2.36. The lowest BCUT2D eigenvalue weighted by atomic mass is 9.92. The number of pyridine rings is 2. The number of halogens is 3. The average Bonchev–Trinajstić information content (AvgIpc) is 3.61. The van der Waals surface area contributed by atoms with Crippen molar-refractivity contribution in [3.63, 3.8) is 0 Å². The van der Waals surface area contributed by atoms with E-state index in [0.717, 1.165) is 28.8 Å². The van der Waals surface area contributed by atoms with Gasteiger partial charge in [0.2, 0.25) is 0 Å². The van der Waals surface area contributed by atoms with Crippen molar-refractivity contribution in [2.45, 2.75) is 12.1 Å². The first-order valence-corrected chi connectivity index (χ1v) is 12.3. The molecule has 40 heavy (non-hydrogen) atoms. The van der Waals surface area contributed by atoms with Crippen LogP contribution in [0.5, 0.6) is 0 Å². The first-order chi connectivity index (χ1) is 19.4. The summed E-state index contributed by atoms with van der Waals surface area (Å²) in [4.78, 5) is 8.01. The zero-order valence-corrected chi connectivity index (χ0v) is 20.9. The highest BCUT2D eigenvalue weighted by atomic mass is 19.1. The van der Waals surface area contributed by atoms with Gasteiger partial charge in [0.05, 0.1) is 18.6 Å². The fourth-order valence-corrected chi connectivity index (χ4v) is 4.74. The van der Waals surface area contributed by atoms with Crippen LogP contribution in [0.3, 0.4) is 0 Å². The van der Waals surface area contributed by atoms with E-state index in [2.05, 4.69) is 20.4 Å². The lowest BCUT2D eigenvalue weighted by molar-refractivity contribution is 0.0246. The van der Waals surface area contributed by atoms with E-state index in [-0.39, 0.29) is 24.5 Å². The van der Waals surface area contributed by atoms with Gasteiger partial charge in [-0.15, -0.1) is 0 Å². The Hall–Kier alpha value is -5.03. The van der Waals surface area contributed by atoms with Crippen LogP contribution in [0, 0.1) is 17.5 Å². The van der Waals surface area contributed by atoms with Gasteiger partial charge in [-0.3, -0.25) is 4.98 Å². The predicted molar refractivity (Wildman–Crippen MR) is 143 cm³/mol. The van der Waals surface area contributed by atoms with E-state index in [4.69, 9.17) is 5.10 Å². The Balaban J connectivity index is 1.44. The van der Waals surface area contributed by atoms with Crippen molar-refractivity contribution in [3.05, 3.63) is 121 Å². The molecule has 2 aromatic carbocycles. The number of hydrogen-bond donors (Lipinski definition) is 2. The maximum atomic E-state index is 14.9. The second kappa shape index (κ2) is 10.3. The van der Waals surface area contributed by atoms with Gasteiger partial charge in [0, 0.05) is 35.2 Å². The van der Waals surface area contributed by atoms with Crippen LogP contribution in [0.1, 0.15) is 5.56 Å². The Bertz CT molecular complexity index is 1770. The molecule has 0 fully saturated rings. The molecule has 0 radical (unpaired) electrons. The SMILES string of the molecule is OC(CNc1cccc2c(-c3ccncc3)c(-c3ccc(F)cc3)nn12)(Cn1cncn1)c1ccc(F)cc1F. The summed E-state index contributed by atoms with van der Waals surface area (Å²) in [6.45, 7) is -0.328. The number of aliphatic hydroxyl groups is 1. The van der Waals surface area contributed by atoms with Crippen LogP contribution in [-0.2, 0) is 12.1 Å². The molecule has 4 heterocycles. The molecule has 0 aliphatic heterocycles. The van der Waals surface area contributed by atoms with E-state index < -0.39 is 17.2 Å². The largest absolute Gasteiger partial charge is 0.381 e. The molecule has 0 aliphatic rings. The maximum Gasteiger partial charge on any atom is 0.137 e. The Morgan fingerprint density at radius 3 is 2.35 bits per heavy atom. The number of fused-ring (bicyclic) bond motifs is 1. The topological polar surface area (TPSA) is 93.2 Å². The number of rotatable bonds is 8. The van der Waals surface area contributed by atoms with Gasteiger partial charge in [-0.05, 0) is 60.2 Å². The van der Waals surface area contributed by atoms with Crippen molar-refractivity contribution in [2.75, 3.05) is 11.9 Å². The summed E-state index contributed by atoms with van der Waals surface area (Å²) in [5, 5.41) is 23.8. The van der Waals surface area contributed by atoms with Crippen molar-refractivity contribution in [1.29, 1.82) is 0 Å². The summed E-state index contributed by atoms with van der Waals surface area (Å²) in [6.07, 6.45) is 6.06. The van der Waals surface area contributed by atoms with Crippen LogP contribution < -0.4 is 5.32 Å². The van der Waals surface area contributed by atoms with Crippen molar-refractivity contribution < 1.29 is 18.3 Å². The van der Waals surface area contributed by atoms with Crippen LogP contribution in [-0.4, -0.2) is 41.0 Å². The molecule has 0 amide bonds. The van der Waals surface area contributed by atoms with Crippen molar-refractivity contribution in [3.8, 4) is 22.4 Å². The number of aromatic nitrogens is 6. The smallest absolute Gasteiger partial charge is 0.137 e. The molecule has 200 valence electrons. The summed E-state index contributed by atoms with van der Waals surface area (Å²) >= 11 is 0. The molecular weight excluding hydrogens is 519 g/mol. The molecule has 6 aromatic rings. The molecule has 1 unspecified atom stereocenters. The van der Waals surface area contributed by atoms with E-state index in [1.807, 2.05) is 24.3 Å². The third kappa shape index (κ3) is 4.78. The summed E-state index contributed by atoms with van der Waals surface area (Å²) in [5.74, 6) is -1.50. The van der Waals surface area contributed by atoms with Crippen LogP contribution >= 0.6 is 0 Å². The van der Waals surface area contributed by atoms with E-state index in [1.54, 1.807) is 35.1 Å². The van der Waals surface area contributed by atoms with Crippen molar-refractivity contribution >= 4 is 11.3 Å². The van der Waals surface area contributed by atoms with E-state index in [9.17, 15) is 18.3 Å². The summed E-state index contributed by atoms with van der Waals surface area (Å²) in [5.41, 5.74) is 1.78. The quantitative estimate of drug-likeness (QED) is 0.280. The fraction of sp³-hybridized carbons (Fsp3) is 0.103. The molecule has 4 aromatic heterocycles. The van der Waals surface area contributed by atoms with Gasteiger partial charge in [0.1, 0.15) is 47.2 Å². The zero-order chi connectivity index (χ0) is 27.7. The minimum atomic E-state index is -1.84. The zero-order valence-electron chi connectivity index (χ0n) is 20.9. The van der Waals surface area contributed by atoms with Gasteiger partial charge in [-0.2, -0.15) is 10.2 Å². The third-order valence-electron chi connectivity index (χ3n) is 6.63. The number of nitrogens with one attached hydrogen (secondary N) is 1.